The lowest BCUT2D eigenvalue weighted by molar-refractivity contribution is -0.190. The van der Waals surface area contributed by atoms with Crippen molar-refractivity contribution in [1.29, 1.82) is 0 Å². The summed E-state index contributed by atoms with van der Waals surface area (Å²) in [5.74, 6) is 1.53. The molecule has 7 saturated carbocycles. The highest BCUT2D eigenvalue weighted by Crippen LogP contribution is 2.79. The molecule has 7 nitrogen and oxygen atoms in total. The monoisotopic (exact) mass is 783 g/mol. The second-order valence-corrected chi connectivity index (χ2v) is 23.9. The summed E-state index contributed by atoms with van der Waals surface area (Å²) in [5, 5.41) is 24.7. The van der Waals surface area contributed by atoms with E-state index in [1.807, 2.05) is 37.8 Å². The van der Waals surface area contributed by atoms with E-state index in [0.29, 0.717) is 44.1 Å². The van der Waals surface area contributed by atoms with Crippen molar-refractivity contribution in [2.75, 3.05) is 13.1 Å². The Morgan fingerprint density at radius 2 is 1.61 bits per heavy atom. The van der Waals surface area contributed by atoms with Gasteiger partial charge in [-0.05, 0) is 143 Å². The number of fused-ring (bicyclic) bond motifs is 5. The first kappa shape index (κ1) is 37.9. The number of carbonyl (C=O) groups excluding carboxylic acids is 3. The Bertz CT molecular complexity index is 1990. The van der Waals surface area contributed by atoms with Gasteiger partial charge in [0.2, 0.25) is 0 Å². The van der Waals surface area contributed by atoms with Gasteiger partial charge < -0.3 is 19.8 Å². The van der Waals surface area contributed by atoms with Gasteiger partial charge in [0.1, 0.15) is 0 Å². The van der Waals surface area contributed by atoms with Crippen LogP contribution in [0.4, 0.5) is 0 Å². The molecule has 2 N–H and O–H groups in total. The number of rotatable bonds is 7. The van der Waals surface area contributed by atoms with E-state index in [9.17, 15) is 19.8 Å². The summed E-state index contributed by atoms with van der Waals surface area (Å²) < 4.78 is 6.28. The molecule has 1 saturated heterocycles. The molecular formula is C48H65NO6S. The van der Waals surface area contributed by atoms with Gasteiger partial charge in [0.15, 0.2) is 11.4 Å². The number of aryl methyl sites for hydroxylation is 1. The van der Waals surface area contributed by atoms with Crippen molar-refractivity contribution < 1.29 is 29.3 Å². The zero-order valence-electron chi connectivity index (χ0n) is 35.1. The van der Waals surface area contributed by atoms with Crippen molar-refractivity contribution in [3.05, 3.63) is 45.7 Å². The molecule has 304 valence electrons. The van der Waals surface area contributed by atoms with E-state index >= 15 is 4.79 Å². The Balaban J connectivity index is 1.05. The van der Waals surface area contributed by atoms with Crippen molar-refractivity contribution in [1.82, 2.24) is 4.90 Å². The van der Waals surface area contributed by atoms with Crippen molar-refractivity contribution in [3.8, 4) is 0 Å². The highest BCUT2D eigenvalue weighted by molar-refractivity contribution is 7.14. The maximum atomic E-state index is 15.5. The lowest BCUT2D eigenvalue weighted by Crippen LogP contribution is -2.68. The van der Waals surface area contributed by atoms with E-state index in [1.54, 1.807) is 11.3 Å². The molecule has 13 atom stereocenters. The first-order chi connectivity index (χ1) is 26.1. The first-order valence-electron chi connectivity index (χ1n) is 22.1. The van der Waals surface area contributed by atoms with Crippen LogP contribution in [0.15, 0.2) is 35.9 Å². The molecule has 1 aliphatic heterocycles. The fourth-order valence-corrected chi connectivity index (χ4v) is 17.1. The predicted octanol–water partition coefficient (Wildman–Crippen LogP) is 8.85. The topological polar surface area (TPSA) is 104 Å². The number of carbonyl (C=O) groups is 3. The van der Waals surface area contributed by atoms with Gasteiger partial charge in [-0.3, -0.25) is 14.4 Å². The summed E-state index contributed by atoms with van der Waals surface area (Å²) >= 11 is 1.56. The number of aliphatic hydroxyl groups is 2. The molecule has 2 spiro atoms. The maximum Gasteiger partial charge on any atom is 0.313 e. The largest absolute Gasteiger partial charge is 0.448 e. The fourth-order valence-electron chi connectivity index (χ4n) is 16.3. The van der Waals surface area contributed by atoms with Gasteiger partial charge in [0, 0.05) is 38.7 Å². The average Bonchev–Trinajstić information content (AvgIpc) is 3.80. The highest BCUT2D eigenvalue weighted by atomic mass is 32.1. The third-order valence-electron chi connectivity index (χ3n) is 20.5. The molecule has 1 amide bonds. The van der Waals surface area contributed by atoms with Crippen LogP contribution in [0.25, 0.3) is 0 Å². The molecule has 10 aliphatic carbocycles. The van der Waals surface area contributed by atoms with E-state index < -0.39 is 39.0 Å². The molecule has 1 aromatic rings. The Kier molecular flexibility index (Phi) is 7.65. The third-order valence-corrected chi connectivity index (χ3v) is 21.5. The van der Waals surface area contributed by atoms with Gasteiger partial charge in [0.05, 0.1) is 28.5 Å². The van der Waals surface area contributed by atoms with Crippen LogP contribution in [0.1, 0.15) is 140 Å². The molecule has 12 rings (SSSR count). The molecule has 8 fully saturated rings. The van der Waals surface area contributed by atoms with Crippen LogP contribution in [0, 0.1) is 74.4 Å². The number of amides is 1. The Morgan fingerprint density at radius 3 is 2.25 bits per heavy atom. The van der Waals surface area contributed by atoms with Gasteiger partial charge >= 0.3 is 5.97 Å². The Hall–Kier alpha value is -2.29. The molecule has 1 aromatic heterocycles. The SMILES string of the molecule is Cc1ccc(C(=O)C2=CC34C=CC25C(CCC2(C)C5CCC2(O)CN(CC2CCC5CC2C5(C)C)C(=O)C25CCC(C)(C(=O)O2)C5(C)C)C3(C)CCC(O)C4)s1. The van der Waals surface area contributed by atoms with E-state index in [0.717, 1.165) is 59.8 Å². The van der Waals surface area contributed by atoms with Crippen molar-refractivity contribution in [2.45, 2.75) is 150 Å². The van der Waals surface area contributed by atoms with Crippen LogP contribution >= 0.6 is 11.3 Å². The summed E-state index contributed by atoms with van der Waals surface area (Å²) in [6.45, 7) is 18.4. The minimum absolute atomic E-state index is 0.000116. The van der Waals surface area contributed by atoms with Gasteiger partial charge in [-0.2, -0.15) is 0 Å². The number of hydrogen-bond donors (Lipinski definition) is 2. The fraction of sp³-hybridized carbons (Fsp3) is 0.771. The standard InChI is InChI=1S/C48H65NO6S/c1-28-9-12-34(56-28)37(51)33-25-45-20-21-47(33)35(42(45,6)16-13-31(50)24-45)14-17-43(7)36(47)15-18-46(43,54)27-49(26-29-10-11-30-23-32(29)40(30,2)3)38(52)48-22-19-44(8,39(53)55-48)41(48,4)5/h9,12,20-21,25,29-32,35-36,50,54H,10-11,13-19,22-24,26-27H2,1-8H3. The van der Waals surface area contributed by atoms with Crippen LogP contribution < -0.4 is 0 Å². The van der Waals surface area contributed by atoms with Gasteiger partial charge in [-0.15, -0.1) is 11.3 Å². The number of nitrogens with zero attached hydrogens (tertiary/aromatic N) is 1. The minimum atomic E-state index is -1.24. The van der Waals surface area contributed by atoms with Crippen LogP contribution in [-0.2, 0) is 14.3 Å². The third kappa shape index (κ3) is 4.21. The first-order valence-corrected chi connectivity index (χ1v) is 22.9. The number of allylic oxidation sites excluding steroid dienone is 4. The Morgan fingerprint density at radius 1 is 0.893 bits per heavy atom. The van der Waals surface area contributed by atoms with Gasteiger partial charge in [-0.1, -0.05) is 59.8 Å². The zero-order chi connectivity index (χ0) is 39.9. The number of Topliss-reactive ketones (excluding diaryl/α,β-unsaturated/α-hetero) is 1. The molecule has 13 unspecified atom stereocenters. The average molecular weight is 784 g/mol. The maximum absolute atomic E-state index is 15.5. The highest BCUT2D eigenvalue weighted by Gasteiger charge is 2.78. The molecule has 6 bridgehead atoms. The number of aliphatic hydroxyl groups excluding tert-OH is 1. The molecule has 8 heteroatoms. The van der Waals surface area contributed by atoms with Crippen LogP contribution in [0.3, 0.4) is 0 Å². The zero-order valence-corrected chi connectivity index (χ0v) is 35.9. The van der Waals surface area contributed by atoms with Gasteiger partial charge in [-0.25, -0.2) is 0 Å². The van der Waals surface area contributed by atoms with Crippen LogP contribution in [-0.4, -0.2) is 63.2 Å². The molecule has 2 heterocycles. The second kappa shape index (κ2) is 11.3. The van der Waals surface area contributed by atoms with Crippen LogP contribution in [0.5, 0.6) is 0 Å². The second-order valence-electron chi connectivity index (χ2n) is 22.6. The van der Waals surface area contributed by atoms with Crippen molar-refractivity contribution in [2.24, 2.45) is 67.5 Å². The summed E-state index contributed by atoms with van der Waals surface area (Å²) in [5.41, 5.74) is -4.32. The molecule has 56 heavy (non-hydrogen) atoms. The Labute approximate surface area is 338 Å². The van der Waals surface area contributed by atoms with Crippen LogP contribution in [0.2, 0.25) is 0 Å². The van der Waals surface area contributed by atoms with E-state index in [2.05, 4.69) is 52.8 Å². The van der Waals surface area contributed by atoms with Gasteiger partial charge in [0.25, 0.3) is 5.91 Å². The predicted molar refractivity (Wildman–Crippen MR) is 217 cm³/mol. The van der Waals surface area contributed by atoms with Crippen molar-refractivity contribution >= 4 is 29.0 Å². The normalized spacial score (nSPS) is 49.7. The molecule has 0 radical (unpaired) electrons. The molecular weight excluding hydrogens is 719 g/mol. The lowest BCUT2D eigenvalue weighted by atomic mass is 9.32. The lowest BCUT2D eigenvalue weighted by Gasteiger charge is -2.71. The number of ketones is 1. The number of ether oxygens (including phenoxy) is 1. The molecule has 0 aromatic carbocycles. The number of esters is 1. The van der Waals surface area contributed by atoms with E-state index in [4.69, 9.17) is 4.74 Å². The number of thiophene rings is 1. The minimum Gasteiger partial charge on any atom is -0.448 e. The van der Waals surface area contributed by atoms with Crippen molar-refractivity contribution in [3.63, 3.8) is 0 Å². The smallest absolute Gasteiger partial charge is 0.313 e. The summed E-state index contributed by atoms with van der Waals surface area (Å²) in [7, 11) is 0. The van der Waals surface area contributed by atoms with E-state index in [1.165, 1.54) is 12.8 Å². The quantitative estimate of drug-likeness (QED) is 0.163. The number of hydrogen-bond acceptors (Lipinski definition) is 7. The summed E-state index contributed by atoms with van der Waals surface area (Å²) in [6, 6.07) is 4.01. The summed E-state index contributed by atoms with van der Waals surface area (Å²) in [6.07, 6.45) is 16.6. The van der Waals surface area contributed by atoms with E-state index in [-0.39, 0.29) is 52.3 Å². The summed E-state index contributed by atoms with van der Waals surface area (Å²) in [4.78, 5) is 47.9. The molecule has 11 aliphatic rings.